The van der Waals surface area contributed by atoms with E-state index in [4.69, 9.17) is 19.4 Å². The topological polar surface area (TPSA) is 56.7 Å². The van der Waals surface area contributed by atoms with E-state index in [9.17, 15) is 0 Å². The van der Waals surface area contributed by atoms with Gasteiger partial charge in [0.1, 0.15) is 17.0 Å². The summed E-state index contributed by atoms with van der Waals surface area (Å²) in [6.07, 6.45) is 0. The molecule has 5 heteroatoms. The normalized spacial score (nSPS) is 11.4. The van der Waals surface area contributed by atoms with Crippen LogP contribution < -0.4 is 0 Å². The summed E-state index contributed by atoms with van der Waals surface area (Å²) in [6.45, 7) is 0. The summed E-state index contributed by atoms with van der Waals surface area (Å²) in [5, 5.41) is 2.20. The summed E-state index contributed by atoms with van der Waals surface area (Å²) in [5.74, 6) is 1.56. The maximum Gasteiger partial charge on any atom is 0.160 e. The fourth-order valence-electron chi connectivity index (χ4n) is 8.01. The standard InChI is InChI=1S/C53H34N4O/c1-4-15-35(16-5-1)39-31-40(43-22-14-23-45-44-21-10-13-26-50(44)58-51(43)45)33-41(32-39)48-34-47(54-52(55-48)37-17-6-2-7-18-37)36-27-29-42(30-28-36)57-49-25-12-11-24-46(49)56-53(57)38-19-8-3-9-20-38/h1-34H. The van der Waals surface area contributed by atoms with Gasteiger partial charge in [0.25, 0.3) is 0 Å². The first-order valence-electron chi connectivity index (χ1n) is 19.4. The van der Waals surface area contributed by atoms with Crippen molar-refractivity contribution in [3.05, 3.63) is 206 Å². The van der Waals surface area contributed by atoms with Gasteiger partial charge in [0.2, 0.25) is 0 Å². The van der Waals surface area contributed by atoms with Crippen LogP contribution in [0.4, 0.5) is 0 Å². The van der Waals surface area contributed by atoms with Crippen LogP contribution in [-0.2, 0) is 0 Å². The Balaban J connectivity index is 1.08. The number of benzene rings is 8. The van der Waals surface area contributed by atoms with Crippen LogP contribution >= 0.6 is 0 Å². The van der Waals surface area contributed by atoms with Crippen molar-refractivity contribution in [1.82, 2.24) is 19.5 Å². The van der Waals surface area contributed by atoms with Crippen molar-refractivity contribution in [2.24, 2.45) is 0 Å². The highest BCUT2D eigenvalue weighted by Gasteiger charge is 2.18. The van der Waals surface area contributed by atoms with Crippen molar-refractivity contribution < 1.29 is 4.42 Å². The molecule has 58 heavy (non-hydrogen) atoms. The molecule has 11 aromatic rings. The molecule has 0 atom stereocenters. The molecule has 0 fully saturated rings. The maximum atomic E-state index is 6.54. The Morgan fingerprint density at radius 1 is 0.379 bits per heavy atom. The van der Waals surface area contributed by atoms with Crippen LogP contribution in [-0.4, -0.2) is 19.5 Å². The molecule has 272 valence electrons. The monoisotopic (exact) mass is 742 g/mol. The van der Waals surface area contributed by atoms with Gasteiger partial charge in [0.15, 0.2) is 5.82 Å². The highest BCUT2D eigenvalue weighted by atomic mass is 16.3. The summed E-state index contributed by atoms with van der Waals surface area (Å²) in [6, 6.07) is 71.4. The van der Waals surface area contributed by atoms with Crippen molar-refractivity contribution in [2.45, 2.75) is 0 Å². The van der Waals surface area contributed by atoms with E-state index in [1.807, 2.05) is 42.5 Å². The van der Waals surface area contributed by atoms with Crippen LogP contribution in [0.1, 0.15) is 0 Å². The molecule has 3 heterocycles. The van der Waals surface area contributed by atoms with E-state index in [-0.39, 0.29) is 0 Å². The molecule has 0 amide bonds. The molecule has 3 aromatic heterocycles. The molecule has 5 nitrogen and oxygen atoms in total. The van der Waals surface area contributed by atoms with E-state index in [0.29, 0.717) is 5.82 Å². The molecule has 0 spiro atoms. The molecule has 11 rings (SSSR count). The number of nitrogens with zero attached hydrogens (tertiary/aromatic N) is 4. The highest BCUT2D eigenvalue weighted by Crippen LogP contribution is 2.40. The minimum absolute atomic E-state index is 0.662. The lowest BCUT2D eigenvalue weighted by atomic mass is 9.93. The Bertz CT molecular complexity index is 3260. The summed E-state index contributed by atoms with van der Waals surface area (Å²) in [7, 11) is 0. The number of hydrogen-bond acceptors (Lipinski definition) is 4. The largest absolute Gasteiger partial charge is 0.455 e. The first-order chi connectivity index (χ1) is 28.7. The number of furan rings is 1. The van der Waals surface area contributed by atoms with Crippen molar-refractivity contribution in [3.8, 4) is 73.2 Å². The van der Waals surface area contributed by atoms with Crippen molar-refractivity contribution >= 4 is 33.0 Å². The SMILES string of the molecule is c1ccc(-c2cc(-c3cc(-c4ccc(-n5c(-c6ccccc6)nc6ccccc65)cc4)nc(-c4ccccc4)n3)cc(-c3cccc4c3oc3ccccc34)c2)cc1. The maximum absolute atomic E-state index is 6.54. The molecule has 0 aliphatic carbocycles. The first kappa shape index (κ1) is 33.4. The fraction of sp³-hybridized carbons (Fsp3) is 0. The molecule has 0 unspecified atom stereocenters. The molecule has 0 bridgehead atoms. The zero-order valence-corrected chi connectivity index (χ0v) is 31.3. The fourth-order valence-corrected chi connectivity index (χ4v) is 8.01. The zero-order chi connectivity index (χ0) is 38.4. The minimum Gasteiger partial charge on any atom is -0.455 e. The molecule has 0 saturated carbocycles. The molecule has 0 radical (unpaired) electrons. The zero-order valence-electron chi connectivity index (χ0n) is 31.3. The van der Waals surface area contributed by atoms with E-state index in [2.05, 4.69) is 168 Å². The molecular formula is C53H34N4O. The quantitative estimate of drug-likeness (QED) is 0.163. The number of hydrogen-bond donors (Lipinski definition) is 0. The van der Waals surface area contributed by atoms with Crippen molar-refractivity contribution in [2.75, 3.05) is 0 Å². The Morgan fingerprint density at radius 3 is 1.76 bits per heavy atom. The Hall–Kier alpha value is -7.89. The number of rotatable bonds is 7. The third-order valence-electron chi connectivity index (χ3n) is 10.8. The van der Waals surface area contributed by atoms with Crippen LogP contribution in [0.25, 0.3) is 106 Å². The van der Waals surface area contributed by atoms with Crippen LogP contribution in [0.2, 0.25) is 0 Å². The Labute approximate surface area is 335 Å². The van der Waals surface area contributed by atoms with Gasteiger partial charge in [-0.15, -0.1) is 0 Å². The van der Waals surface area contributed by atoms with Gasteiger partial charge >= 0.3 is 0 Å². The summed E-state index contributed by atoms with van der Waals surface area (Å²) in [4.78, 5) is 15.5. The van der Waals surface area contributed by atoms with Crippen molar-refractivity contribution in [1.29, 1.82) is 0 Å². The smallest absolute Gasteiger partial charge is 0.160 e. The van der Waals surface area contributed by atoms with Crippen molar-refractivity contribution in [3.63, 3.8) is 0 Å². The molecular weight excluding hydrogens is 709 g/mol. The minimum atomic E-state index is 0.662. The summed E-state index contributed by atoms with van der Waals surface area (Å²) < 4.78 is 8.77. The van der Waals surface area contributed by atoms with Crippen LogP contribution in [0, 0.1) is 0 Å². The summed E-state index contributed by atoms with van der Waals surface area (Å²) in [5.41, 5.74) is 14.7. The van der Waals surface area contributed by atoms with Crippen LogP contribution in [0.3, 0.4) is 0 Å². The lowest BCUT2D eigenvalue weighted by molar-refractivity contribution is 0.670. The number of aromatic nitrogens is 4. The van der Waals surface area contributed by atoms with Gasteiger partial charge in [0, 0.05) is 44.3 Å². The van der Waals surface area contributed by atoms with E-state index in [1.165, 1.54) is 0 Å². The number of imidazole rings is 1. The first-order valence-corrected chi connectivity index (χ1v) is 19.4. The van der Waals surface area contributed by atoms with E-state index in [1.54, 1.807) is 0 Å². The van der Waals surface area contributed by atoms with E-state index in [0.717, 1.165) is 100 Å². The van der Waals surface area contributed by atoms with Gasteiger partial charge < -0.3 is 4.42 Å². The highest BCUT2D eigenvalue weighted by molar-refractivity contribution is 6.09. The van der Waals surface area contributed by atoms with Crippen LogP contribution in [0.5, 0.6) is 0 Å². The average Bonchev–Trinajstić information content (AvgIpc) is 3.89. The van der Waals surface area contributed by atoms with Gasteiger partial charge in [-0.2, -0.15) is 0 Å². The third kappa shape index (κ3) is 5.94. The van der Waals surface area contributed by atoms with Gasteiger partial charge in [-0.3, -0.25) is 4.57 Å². The molecule has 0 N–H and O–H groups in total. The van der Waals surface area contributed by atoms with Gasteiger partial charge in [-0.05, 0) is 71.3 Å². The molecule has 8 aromatic carbocycles. The Kier molecular flexibility index (Phi) is 8.07. The molecule has 0 aliphatic rings. The van der Waals surface area contributed by atoms with Gasteiger partial charge in [-0.25, -0.2) is 15.0 Å². The van der Waals surface area contributed by atoms with Gasteiger partial charge in [0.05, 0.1) is 22.4 Å². The lowest BCUT2D eigenvalue weighted by Crippen LogP contribution is -1.99. The lowest BCUT2D eigenvalue weighted by Gasteiger charge is -2.14. The van der Waals surface area contributed by atoms with Gasteiger partial charge in [-0.1, -0.05) is 152 Å². The second kappa shape index (κ2) is 14.0. The molecule has 0 saturated heterocycles. The van der Waals surface area contributed by atoms with E-state index < -0.39 is 0 Å². The number of fused-ring (bicyclic) bond motifs is 4. The van der Waals surface area contributed by atoms with Crippen LogP contribution in [0.15, 0.2) is 211 Å². The second-order valence-corrected chi connectivity index (χ2v) is 14.4. The average molecular weight is 743 g/mol. The van der Waals surface area contributed by atoms with E-state index >= 15 is 0 Å². The number of para-hydroxylation sites is 4. The third-order valence-corrected chi connectivity index (χ3v) is 10.8. The summed E-state index contributed by atoms with van der Waals surface area (Å²) >= 11 is 0. The second-order valence-electron chi connectivity index (χ2n) is 14.4. The molecule has 0 aliphatic heterocycles. The predicted molar refractivity (Wildman–Crippen MR) is 237 cm³/mol. The Morgan fingerprint density at radius 2 is 0.983 bits per heavy atom. The predicted octanol–water partition coefficient (Wildman–Crippen LogP) is 13.7.